The van der Waals surface area contributed by atoms with Gasteiger partial charge in [0.15, 0.2) is 4.32 Å². The van der Waals surface area contributed by atoms with Gasteiger partial charge in [-0.2, -0.15) is 4.90 Å². The van der Waals surface area contributed by atoms with Crippen LogP contribution in [0.4, 0.5) is 4.79 Å². The molecule has 0 saturated carbocycles. The summed E-state index contributed by atoms with van der Waals surface area (Å²) in [6.07, 6.45) is -1.29. The number of amides is 2. The summed E-state index contributed by atoms with van der Waals surface area (Å²) in [6.45, 7) is 5.66. The van der Waals surface area contributed by atoms with Crippen LogP contribution in [-0.2, 0) is 4.79 Å². The predicted molar refractivity (Wildman–Crippen MR) is 58.3 cm³/mol. The number of carboxylic acid groups (broad SMARTS) is 1. The van der Waals surface area contributed by atoms with Crippen LogP contribution < -0.4 is 0 Å². The molecule has 0 bridgehead atoms. The first kappa shape index (κ1) is 11.5. The van der Waals surface area contributed by atoms with Crippen LogP contribution in [-0.4, -0.2) is 31.6 Å². The molecule has 1 saturated heterocycles. The molecule has 6 heteroatoms. The van der Waals surface area contributed by atoms with E-state index in [0.717, 1.165) is 11.8 Å². The van der Waals surface area contributed by atoms with Crippen LogP contribution in [0.15, 0.2) is 0 Å². The van der Waals surface area contributed by atoms with E-state index in [1.807, 2.05) is 20.8 Å². The summed E-state index contributed by atoms with van der Waals surface area (Å²) in [5, 5.41) is 8.34. The predicted octanol–water partition coefficient (Wildman–Crippen LogP) is 1.94. The van der Waals surface area contributed by atoms with E-state index < -0.39 is 17.3 Å². The molecule has 14 heavy (non-hydrogen) atoms. The highest BCUT2D eigenvalue weighted by molar-refractivity contribution is 8.24. The van der Waals surface area contributed by atoms with Crippen molar-refractivity contribution < 1.29 is 14.7 Å². The lowest BCUT2D eigenvalue weighted by Gasteiger charge is -2.23. The maximum atomic E-state index is 11.6. The molecule has 0 aromatic rings. The Hall–Kier alpha value is -0.620. The van der Waals surface area contributed by atoms with Crippen LogP contribution in [0.3, 0.4) is 0 Å². The molecule has 0 aromatic carbocycles. The summed E-state index contributed by atoms with van der Waals surface area (Å²) >= 11 is 5.97. The van der Waals surface area contributed by atoms with E-state index in [9.17, 15) is 9.59 Å². The Morgan fingerprint density at radius 2 is 2.07 bits per heavy atom. The molecule has 0 spiro atoms. The molecule has 1 fully saturated rings. The largest absolute Gasteiger partial charge is 0.464 e. The molecule has 0 aromatic heterocycles. The third-order valence-electron chi connectivity index (χ3n) is 1.82. The van der Waals surface area contributed by atoms with Crippen LogP contribution in [0, 0.1) is 5.41 Å². The van der Waals surface area contributed by atoms with Gasteiger partial charge in [-0.15, -0.1) is 0 Å². The molecule has 0 aliphatic carbocycles. The maximum absolute atomic E-state index is 11.6. The summed E-state index contributed by atoms with van der Waals surface area (Å²) < 4.78 is 0.127. The van der Waals surface area contributed by atoms with Gasteiger partial charge >= 0.3 is 6.09 Å². The van der Waals surface area contributed by atoms with Crippen molar-refractivity contribution in [1.82, 2.24) is 4.90 Å². The lowest BCUT2D eigenvalue weighted by Crippen LogP contribution is -2.39. The van der Waals surface area contributed by atoms with E-state index >= 15 is 0 Å². The van der Waals surface area contributed by atoms with Gasteiger partial charge in [0, 0.05) is 0 Å². The second kappa shape index (κ2) is 3.51. The summed E-state index contributed by atoms with van der Waals surface area (Å²) in [5.74, 6) is -0.431. The normalized spacial score (nSPS) is 23.1. The van der Waals surface area contributed by atoms with Gasteiger partial charge in [-0.3, -0.25) is 4.79 Å². The molecule has 4 nitrogen and oxygen atoms in total. The molecular weight excluding hydrogens is 222 g/mol. The van der Waals surface area contributed by atoms with E-state index in [1.54, 1.807) is 0 Å². The minimum Gasteiger partial charge on any atom is -0.464 e. The molecule has 1 heterocycles. The summed E-state index contributed by atoms with van der Waals surface area (Å²) in [5.41, 5.74) is -0.282. The molecular formula is C8H11NO3S2. The third-order valence-corrected chi connectivity index (χ3v) is 3.82. The van der Waals surface area contributed by atoms with E-state index in [-0.39, 0.29) is 9.74 Å². The Morgan fingerprint density at radius 1 is 1.57 bits per heavy atom. The first-order valence-corrected chi connectivity index (χ1v) is 5.31. The molecule has 2 amide bonds. The number of rotatable bonds is 0. The molecule has 1 aliphatic rings. The first-order chi connectivity index (χ1) is 6.25. The summed E-state index contributed by atoms with van der Waals surface area (Å²) in [7, 11) is 0. The Labute approximate surface area is 91.6 Å². The summed E-state index contributed by atoms with van der Waals surface area (Å²) in [4.78, 5) is 23.0. The van der Waals surface area contributed by atoms with Crippen LogP contribution in [0.1, 0.15) is 20.8 Å². The first-order valence-electron chi connectivity index (χ1n) is 4.02. The molecule has 78 valence electrons. The van der Waals surface area contributed by atoms with E-state index in [1.165, 1.54) is 0 Å². The SMILES string of the molecule is CC(C)(C)C1SC(=S)N(C(=O)O)C1=O. The Morgan fingerprint density at radius 3 is 2.29 bits per heavy atom. The zero-order valence-corrected chi connectivity index (χ0v) is 9.74. The van der Waals surface area contributed by atoms with Gasteiger partial charge < -0.3 is 5.11 Å². The molecule has 1 rings (SSSR count). The van der Waals surface area contributed by atoms with Gasteiger partial charge in [0.05, 0.1) is 5.25 Å². The number of carbonyl (C=O) groups is 2. The van der Waals surface area contributed by atoms with Gasteiger partial charge in [-0.05, 0) is 5.41 Å². The Kier molecular flexibility index (Phi) is 2.87. The maximum Gasteiger partial charge on any atom is 0.419 e. The minimum atomic E-state index is -1.29. The van der Waals surface area contributed by atoms with E-state index in [0.29, 0.717) is 4.90 Å². The molecule has 1 aliphatic heterocycles. The van der Waals surface area contributed by atoms with Gasteiger partial charge in [0.2, 0.25) is 0 Å². The van der Waals surface area contributed by atoms with Crippen LogP contribution >= 0.6 is 24.0 Å². The van der Waals surface area contributed by atoms with Crippen molar-refractivity contribution in [2.45, 2.75) is 26.0 Å². The van der Waals surface area contributed by atoms with Crippen LogP contribution in [0.5, 0.6) is 0 Å². The number of nitrogens with zero attached hydrogens (tertiary/aromatic N) is 1. The number of hydrogen-bond acceptors (Lipinski definition) is 4. The topological polar surface area (TPSA) is 57.6 Å². The van der Waals surface area contributed by atoms with Crippen molar-refractivity contribution in [2.24, 2.45) is 5.41 Å². The van der Waals surface area contributed by atoms with E-state index in [4.69, 9.17) is 17.3 Å². The number of thiocarbonyl (C=S) groups is 1. The van der Waals surface area contributed by atoms with Crippen molar-refractivity contribution in [3.63, 3.8) is 0 Å². The highest BCUT2D eigenvalue weighted by Crippen LogP contribution is 2.38. The number of carbonyl (C=O) groups excluding carboxylic acids is 1. The van der Waals surface area contributed by atoms with Crippen molar-refractivity contribution in [2.75, 3.05) is 0 Å². The zero-order chi connectivity index (χ0) is 11.1. The smallest absolute Gasteiger partial charge is 0.419 e. The number of thioether (sulfide) groups is 1. The van der Waals surface area contributed by atoms with Crippen molar-refractivity contribution in [3.05, 3.63) is 0 Å². The monoisotopic (exact) mass is 233 g/mol. The minimum absolute atomic E-state index is 0.127. The second-order valence-corrected chi connectivity index (χ2v) is 5.82. The van der Waals surface area contributed by atoms with Gasteiger partial charge in [0.1, 0.15) is 0 Å². The fraction of sp³-hybridized carbons (Fsp3) is 0.625. The van der Waals surface area contributed by atoms with Gasteiger partial charge in [-0.25, -0.2) is 4.79 Å². The van der Waals surface area contributed by atoms with Crippen molar-refractivity contribution >= 4 is 40.3 Å². The standard InChI is InChI=1S/C8H11NO3S2/c1-8(2,3)4-5(10)9(6(11)12)7(13)14-4/h4H,1-3H3,(H,11,12). The van der Waals surface area contributed by atoms with Crippen molar-refractivity contribution in [3.8, 4) is 0 Å². The number of imide groups is 1. The number of hydrogen-bond donors (Lipinski definition) is 1. The fourth-order valence-corrected chi connectivity index (χ4v) is 2.62. The highest BCUT2D eigenvalue weighted by atomic mass is 32.2. The zero-order valence-electron chi connectivity index (χ0n) is 8.10. The molecule has 1 N–H and O–H groups in total. The average Bonchev–Trinajstić information content (AvgIpc) is 2.24. The van der Waals surface area contributed by atoms with E-state index in [2.05, 4.69) is 0 Å². The summed E-state index contributed by atoms with van der Waals surface area (Å²) in [6, 6.07) is 0. The highest BCUT2D eigenvalue weighted by Gasteiger charge is 2.46. The Bertz CT molecular complexity index is 308. The lowest BCUT2D eigenvalue weighted by molar-refractivity contribution is -0.126. The van der Waals surface area contributed by atoms with Crippen LogP contribution in [0.25, 0.3) is 0 Å². The van der Waals surface area contributed by atoms with Crippen molar-refractivity contribution in [1.29, 1.82) is 0 Å². The Balaban J connectivity index is 2.96. The molecule has 1 unspecified atom stereocenters. The lowest BCUT2D eigenvalue weighted by atomic mass is 9.91. The van der Waals surface area contributed by atoms with Gasteiger partial charge in [-0.1, -0.05) is 44.8 Å². The van der Waals surface area contributed by atoms with Gasteiger partial charge in [0.25, 0.3) is 5.91 Å². The quantitative estimate of drug-likeness (QED) is 0.648. The third kappa shape index (κ3) is 1.90. The second-order valence-electron chi connectivity index (χ2n) is 4.09. The molecule has 1 atom stereocenters. The fourth-order valence-electron chi connectivity index (χ4n) is 1.13. The van der Waals surface area contributed by atoms with Crippen LogP contribution in [0.2, 0.25) is 0 Å². The average molecular weight is 233 g/mol. The molecule has 0 radical (unpaired) electrons.